The Kier molecular flexibility index (Phi) is 3.64. The first kappa shape index (κ1) is 13.0. The summed E-state index contributed by atoms with van der Waals surface area (Å²) in [4.78, 5) is 12.0. The van der Waals surface area contributed by atoms with Crippen molar-refractivity contribution >= 4 is 34.8 Å². The number of amides is 1. The monoisotopic (exact) mass is 283 g/mol. The van der Waals surface area contributed by atoms with Crippen molar-refractivity contribution in [3.8, 4) is 0 Å². The van der Waals surface area contributed by atoms with Gasteiger partial charge in [0.2, 0.25) is 0 Å². The summed E-state index contributed by atoms with van der Waals surface area (Å²) in [5, 5.41) is 3.64. The van der Waals surface area contributed by atoms with Gasteiger partial charge in [0.1, 0.15) is 11.5 Å². The predicted molar refractivity (Wildman–Crippen MR) is 72.6 cm³/mol. The Balaban J connectivity index is 2.24. The highest BCUT2D eigenvalue weighted by Gasteiger charge is 2.14. The van der Waals surface area contributed by atoms with Gasteiger partial charge in [-0.3, -0.25) is 4.79 Å². The van der Waals surface area contributed by atoms with Gasteiger partial charge in [0.15, 0.2) is 0 Å². The van der Waals surface area contributed by atoms with Crippen LogP contribution in [0.4, 0.5) is 5.69 Å². The molecule has 0 aliphatic heterocycles. The van der Waals surface area contributed by atoms with Gasteiger partial charge in [0.05, 0.1) is 16.3 Å². The maximum Gasteiger partial charge on any atom is 0.259 e. The van der Waals surface area contributed by atoms with Gasteiger partial charge >= 0.3 is 0 Å². The maximum absolute atomic E-state index is 12.0. The molecule has 0 bridgehead atoms. The molecule has 0 radical (unpaired) electrons. The van der Waals surface area contributed by atoms with Crippen molar-refractivity contribution in [3.05, 3.63) is 51.4 Å². The Hall–Kier alpha value is -1.45. The molecule has 2 aromatic rings. The topological polar surface area (TPSA) is 42.2 Å². The minimum atomic E-state index is -0.256. The number of halogens is 2. The van der Waals surface area contributed by atoms with E-state index in [1.54, 1.807) is 38.1 Å². The molecule has 0 aliphatic rings. The molecule has 2 rings (SSSR count). The van der Waals surface area contributed by atoms with Crippen LogP contribution >= 0.6 is 23.2 Å². The van der Waals surface area contributed by atoms with Crippen LogP contribution in [0, 0.1) is 13.8 Å². The Labute approximate surface area is 115 Å². The molecule has 3 nitrogen and oxygen atoms in total. The third kappa shape index (κ3) is 2.68. The number of furan rings is 1. The molecule has 1 aromatic heterocycles. The molecule has 5 heteroatoms. The second-order valence-electron chi connectivity index (χ2n) is 3.91. The number of aryl methyl sites for hydroxylation is 2. The maximum atomic E-state index is 12.0. The summed E-state index contributed by atoms with van der Waals surface area (Å²) in [6.45, 7) is 3.53. The number of hydrogen-bond donors (Lipinski definition) is 1. The Morgan fingerprint density at radius 2 is 1.94 bits per heavy atom. The van der Waals surface area contributed by atoms with Gasteiger partial charge in [-0.05, 0) is 38.1 Å². The fourth-order valence-corrected chi connectivity index (χ4v) is 2.09. The average Bonchev–Trinajstić information content (AvgIpc) is 2.62. The molecule has 0 saturated heterocycles. The van der Waals surface area contributed by atoms with Gasteiger partial charge in [-0.1, -0.05) is 23.2 Å². The first-order valence-electron chi connectivity index (χ1n) is 5.31. The fraction of sp³-hybridized carbons (Fsp3) is 0.154. The van der Waals surface area contributed by atoms with Crippen LogP contribution in [0.5, 0.6) is 0 Å². The summed E-state index contributed by atoms with van der Waals surface area (Å²) in [5.74, 6) is 1.02. The van der Waals surface area contributed by atoms with Gasteiger partial charge in [-0.25, -0.2) is 0 Å². The van der Waals surface area contributed by atoms with Crippen LogP contribution in [0.2, 0.25) is 10.0 Å². The van der Waals surface area contributed by atoms with E-state index >= 15 is 0 Å². The molecule has 0 saturated carbocycles. The van der Waals surface area contributed by atoms with Crippen molar-refractivity contribution in [2.24, 2.45) is 0 Å². The molecular weight excluding hydrogens is 273 g/mol. The molecule has 0 spiro atoms. The second kappa shape index (κ2) is 5.04. The molecule has 1 heterocycles. The van der Waals surface area contributed by atoms with E-state index in [1.807, 2.05) is 0 Å². The van der Waals surface area contributed by atoms with Crippen LogP contribution in [-0.2, 0) is 0 Å². The SMILES string of the molecule is Cc1cc(C(=O)Nc2ccc(Cl)cc2Cl)c(C)o1. The van der Waals surface area contributed by atoms with E-state index in [4.69, 9.17) is 27.6 Å². The van der Waals surface area contributed by atoms with Crippen LogP contribution in [0.3, 0.4) is 0 Å². The van der Waals surface area contributed by atoms with E-state index in [0.717, 1.165) is 0 Å². The summed E-state index contributed by atoms with van der Waals surface area (Å²) in [5.41, 5.74) is 1.02. The van der Waals surface area contributed by atoms with E-state index in [1.165, 1.54) is 0 Å². The standard InChI is InChI=1S/C13H11Cl2NO2/c1-7-5-10(8(2)18-7)13(17)16-12-4-3-9(14)6-11(12)15/h3-6H,1-2H3,(H,16,17). The van der Waals surface area contributed by atoms with Gasteiger partial charge in [-0.15, -0.1) is 0 Å². The third-order valence-electron chi connectivity index (χ3n) is 2.46. The van der Waals surface area contributed by atoms with Gasteiger partial charge in [0.25, 0.3) is 5.91 Å². The number of anilines is 1. The van der Waals surface area contributed by atoms with E-state index < -0.39 is 0 Å². The summed E-state index contributed by atoms with van der Waals surface area (Å²) >= 11 is 11.8. The summed E-state index contributed by atoms with van der Waals surface area (Å²) in [7, 11) is 0. The summed E-state index contributed by atoms with van der Waals surface area (Å²) in [6.07, 6.45) is 0. The number of benzene rings is 1. The molecular formula is C13H11Cl2NO2. The van der Waals surface area contributed by atoms with E-state index in [0.29, 0.717) is 32.8 Å². The number of carbonyl (C=O) groups excluding carboxylic acids is 1. The van der Waals surface area contributed by atoms with Crippen molar-refractivity contribution < 1.29 is 9.21 Å². The number of hydrogen-bond acceptors (Lipinski definition) is 2. The Morgan fingerprint density at radius 1 is 1.22 bits per heavy atom. The zero-order chi connectivity index (χ0) is 13.3. The predicted octanol–water partition coefficient (Wildman–Crippen LogP) is 4.46. The molecule has 94 valence electrons. The number of nitrogens with one attached hydrogen (secondary N) is 1. The molecule has 0 unspecified atom stereocenters. The number of rotatable bonds is 2. The molecule has 1 amide bonds. The Morgan fingerprint density at radius 3 is 2.50 bits per heavy atom. The van der Waals surface area contributed by atoms with Gasteiger partial charge in [-0.2, -0.15) is 0 Å². The average molecular weight is 284 g/mol. The first-order chi connectivity index (χ1) is 8.47. The van der Waals surface area contributed by atoms with Crippen molar-refractivity contribution in [2.75, 3.05) is 5.32 Å². The van der Waals surface area contributed by atoms with Gasteiger partial charge in [0, 0.05) is 5.02 Å². The van der Waals surface area contributed by atoms with Crippen molar-refractivity contribution in [3.63, 3.8) is 0 Å². The minimum absolute atomic E-state index is 0.256. The molecule has 0 atom stereocenters. The van der Waals surface area contributed by atoms with Crippen LogP contribution in [-0.4, -0.2) is 5.91 Å². The summed E-state index contributed by atoms with van der Waals surface area (Å²) < 4.78 is 5.31. The highest BCUT2D eigenvalue weighted by atomic mass is 35.5. The Bertz CT molecular complexity index is 605. The quantitative estimate of drug-likeness (QED) is 0.884. The van der Waals surface area contributed by atoms with Crippen LogP contribution in [0.15, 0.2) is 28.7 Å². The molecule has 1 N–H and O–H groups in total. The van der Waals surface area contributed by atoms with Crippen LogP contribution in [0.1, 0.15) is 21.9 Å². The minimum Gasteiger partial charge on any atom is -0.466 e. The molecule has 0 aliphatic carbocycles. The lowest BCUT2D eigenvalue weighted by molar-refractivity contribution is 0.102. The summed E-state index contributed by atoms with van der Waals surface area (Å²) in [6, 6.07) is 6.59. The fourth-order valence-electron chi connectivity index (χ4n) is 1.64. The third-order valence-corrected chi connectivity index (χ3v) is 3.01. The van der Waals surface area contributed by atoms with Crippen LogP contribution < -0.4 is 5.32 Å². The molecule has 1 aromatic carbocycles. The zero-order valence-electron chi connectivity index (χ0n) is 9.88. The lowest BCUT2D eigenvalue weighted by atomic mass is 10.2. The van der Waals surface area contributed by atoms with E-state index in [2.05, 4.69) is 5.32 Å². The van der Waals surface area contributed by atoms with Crippen molar-refractivity contribution in [2.45, 2.75) is 13.8 Å². The normalized spacial score (nSPS) is 10.4. The lowest BCUT2D eigenvalue weighted by Crippen LogP contribution is -2.12. The first-order valence-corrected chi connectivity index (χ1v) is 6.06. The highest BCUT2D eigenvalue weighted by Crippen LogP contribution is 2.26. The van der Waals surface area contributed by atoms with Gasteiger partial charge < -0.3 is 9.73 Å². The smallest absolute Gasteiger partial charge is 0.259 e. The lowest BCUT2D eigenvalue weighted by Gasteiger charge is -2.06. The number of carbonyl (C=O) groups is 1. The second-order valence-corrected chi connectivity index (χ2v) is 4.75. The van der Waals surface area contributed by atoms with E-state index in [-0.39, 0.29) is 5.91 Å². The molecule has 0 fully saturated rings. The zero-order valence-corrected chi connectivity index (χ0v) is 11.4. The largest absolute Gasteiger partial charge is 0.466 e. The van der Waals surface area contributed by atoms with Crippen molar-refractivity contribution in [1.82, 2.24) is 0 Å². The molecule has 18 heavy (non-hydrogen) atoms. The van der Waals surface area contributed by atoms with Crippen LogP contribution in [0.25, 0.3) is 0 Å². The van der Waals surface area contributed by atoms with E-state index in [9.17, 15) is 4.79 Å². The highest BCUT2D eigenvalue weighted by molar-refractivity contribution is 6.36. The van der Waals surface area contributed by atoms with Crippen molar-refractivity contribution in [1.29, 1.82) is 0 Å².